The third-order valence-electron chi connectivity index (χ3n) is 1.27. The van der Waals surface area contributed by atoms with E-state index in [4.69, 9.17) is 5.11 Å². The fourth-order valence-corrected chi connectivity index (χ4v) is 0.711. The molecule has 0 aromatic carbocycles. The van der Waals surface area contributed by atoms with E-state index in [0.717, 1.165) is 0 Å². The molecule has 1 aliphatic rings. The zero-order valence-corrected chi connectivity index (χ0v) is 5.72. The van der Waals surface area contributed by atoms with Crippen molar-refractivity contribution in [1.82, 2.24) is 10.4 Å². The molecule has 4 nitrogen and oxygen atoms in total. The predicted molar refractivity (Wildman–Crippen MR) is 31.6 cm³/mol. The van der Waals surface area contributed by atoms with Crippen LogP contribution < -0.4 is 5.43 Å². The van der Waals surface area contributed by atoms with E-state index in [0.29, 0.717) is 6.20 Å². The van der Waals surface area contributed by atoms with Crippen molar-refractivity contribution < 1.29 is 23.1 Å². The Morgan fingerprint density at radius 1 is 1.67 bits per heavy atom. The van der Waals surface area contributed by atoms with Crippen LogP contribution in [0.2, 0.25) is 0 Å². The van der Waals surface area contributed by atoms with Crippen molar-refractivity contribution in [3.63, 3.8) is 0 Å². The van der Waals surface area contributed by atoms with Crippen molar-refractivity contribution in [3.05, 3.63) is 11.8 Å². The van der Waals surface area contributed by atoms with E-state index >= 15 is 0 Å². The van der Waals surface area contributed by atoms with Gasteiger partial charge in [-0.1, -0.05) is 0 Å². The van der Waals surface area contributed by atoms with Gasteiger partial charge < -0.3 is 5.11 Å². The molecule has 0 radical (unpaired) electrons. The van der Waals surface area contributed by atoms with Gasteiger partial charge in [0.2, 0.25) is 0 Å². The van der Waals surface area contributed by atoms with Crippen molar-refractivity contribution >= 4 is 5.97 Å². The number of carboxylic acids is 1. The zero-order valence-electron chi connectivity index (χ0n) is 5.72. The molecule has 0 unspecified atom stereocenters. The number of carbonyl (C=O) groups is 1. The van der Waals surface area contributed by atoms with Crippen LogP contribution in [-0.2, 0) is 4.79 Å². The highest BCUT2D eigenvalue weighted by Gasteiger charge is 2.38. The fraction of sp³-hybridized carbons (Fsp3) is 0.400. The topological polar surface area (TPSA) is 52.6 Å². The first-order chi connectivity index (χ1) is 5.41. The lowest BCUT2D eigenvalue weighted by atomic mass is 10.3. The summed E-state index contributed by atoms with van der Waals surface area (Å²) in [5.74, 6) is -1.35. The van der Waals surface area contributed by atoms with E-state index in [-0.39, 0.29) is 17.1 Å². The van der Waals surface area contributed by atoms with Gasteiger partial charge in [-0.05, 0) is 0 Å². The van der Waals surface area contributed by atoms with Gasteiger partial charge in [-0.2, -0.15) is 0 Å². The predicted octanol–water partition coefficient (Wildman–Crippen LogP) is 0.295. The summed E-state index contributed by atoms with van der Waals surface area (Å²) in [5, 5.41) is 8.11. The normalized spacial score (nSPS) is 17.9. The highest BCUT2D eigenvalue weighted by molar-refractivity contribution is 5.87. The molecule has 0 aromatic rings. The lowest BCUT2D eigenvalue weighted by Gasteiger charge is -2.18. The number of alkyl halides is 3. The van der Waals surface area contributed by atoms with E-state index in [2.05, 4.69) is 0 Å². The van der Waals surface area contributed by atoms with Gasteiger partial charge in [-0.3, -0.25) is 0 Å². The van der Waals surface area contributed by atoms with Crippen LogP contribution in [0, 0.1) is 0 Å². The first-order valence-corrected chi connectivity index (χ1v) is 2.95. The van der Waals surface area contributed by atoms with Crippen LogP contribution in [0.15, 0.2) is 11.8 Å². The number of hydrogen-bond donors (Lipinski definition) is 2. The maximum Gasteiger partial charge on any atom is 0.498 e. The van der Waals surface area contributed by atoms with Gasteiger partial charge in [0.05, 0.1) is 5.57 Å². The largest absolute Gasteiger partial charge is 0.498 e. The Kier molecular flexibility index (Phi) is 1.97. The summed E-state index contributed by atoms with van der Waals surface area (Å²) in [4.78, 5) is 10.2. The summed E-state index contributed by atoms with van der Waals surface area (Å²) in [6, 6.07) is 0. The molecule has 0 saturated carbocycles. The Morgan fingerprint density at radius 2 is 2.25 bits per heavy atom. The lowest BCUT2D eigenvalue weighted by Crippen LogP contribution is -2.40. The van der Waals surface area contributed by atoms with E-state index in [1.54, 1.807) is 0 Å². The summed E-state index contributed by atoms with van der Waals surface area (Å²) in [6.07, 6.45) is -4.06. The molecule has 0 aliphatic carbocycles. The second kappa shape index (κ2) is 2.67. The van der Waals surface area contributed by atoms with Crippen LogP contribution in [0.25, 0.3) is 0 Å². The number of aliphatic carboxylic acids is 1. The van der Waals surface area contributed by atoms with Crippen LogP contribution in [0.4, 0.5) is 13.2 Å². The van der Waals surface area contributed by atoms with Gasteiger partial charge in [0, 0.05) is 12.7 Å². The molecule has 0 spiro atoms. The molecule has 0 amide bonds. The molecule has 0 fully saturated rings. The Morgan fingerprint density at radius 3 is 2.50 bits per heavy atom. The second-order valence-electron chi connectivity index (χ2n) is 2.13. The van der Waals surface area contributed by atoms with Gasteiger partial charge in [-0.15, -0.1) is 13.2 Å². The van der Waals surface area contributed by atoms with Crippen molar-refractivity contribution in [2.75, 3.05) is 6.54 Å². The summed E-state index contributed by atoms with van der Waals surface area (Å²) < 4.78 is 35.5. The van der Waals surface area contributed by atoms with Crippen molar-refractivity contribution in [2.24, 2.45) is 0 Å². The number of halogens is 3. The van der Waals surface area contributed by atoms with E-state index in [9.17, 15) is 18.0 Å². The molecule has 12 heavy (non-hydrogen) atoms. The van der Waals surface area contributed by atoms with Crippen LogP contribution in [0.1, 0.15) is 0 Å². The lowest BCUT2D eigenvalue weighted by molar-refractivity contribution is -0.240. The average Bonchev–Trinajstić information content (AvgIpc) is 2.30. The van der Waals surface area contributed by atoms with Gasteiger partial charge in [0.25, 0.3) is 0 Å². The molecular formula is C5H5F3N2O2. The summed E-state index contributed by atoms with van der Waals surface area (Å²) in [7, 11) is 0. The number of rotatable bonds is 1. The molecule has 0 saturated heterocycles. The zero-order chi connectivity index (χ0) is 9.35. The number of hydrazine groups is 1. The Labute approximate surface area is 65.2 Å². The molecule has 0 atom stereocenters. The monoisotopic (exact) mass is 182 g/mol. The minimum atomic E-state index is -4.57. The molecule has 0 aromatic heterocycles. The summed E-state index contributed by atoms with van der Waals surface area (Å²) in [5.41, 5.74) is 1.55. The van der Waals surface area contributed by atoms with Gasteiger partial charge in [-0.25, -0.2) is 15.2 Å². The first-order valence-electron chi connectivity index (χ1n) is 2.95. The SMILES string of the molecule is O=C(O)C1=CN(C(F)(F)F)NC1. The summed E-state index contributed by atoms with van der Waals surface area (Å²) >= 11 is 0. The molecule has 1 rings (SSSR count). The second-order valence-corrected chi connectivity index (χ2v) is 2.13. The van der Waals surface area contributed by atoms with Crippen molar-refractivity contribution in [3.8, 4) is 0 Å². The third kappa shape index (κ3) is 1.67. The third-order valence-corrected chi connectivity index (χ3v) is 1.27. The molecule has 7 heteroatoms. The van der Waals surface area contributed by atoms with Crippen LogP contribution in [-0.4, -0.2) is 28.9 Å². The van der Waals surface area contributed by atoms with Crippen molar-refractivity contribution in [1.29, 1.82) is 0 Å². The van der Waals surface area contributed by atoms with Crippen molar-refractivity contribution in [2.45, 2.75) is 6.30 Å². The molecule has 2 N–H and O–H groups in total. The van der Waals surface area contributed by atoms with Gasteiger partial charge in [0.1, 0.15) is 0 Å². The van der Waals surface area contributed by atoms with E-state index in [1.165, 1.54) is 0 Å². The molecule has 68 valence electrons. The Balaban J connectivity index is 2.71. The number of nitrogens with zero attached hydrogens (tertiary/aromatic N) is 1. The average molecular weight is 182 g/mol. The Hall–Kier alpha value is -1.24. The molecule has 1 aliphatic heterocycles. The number of carboxylic acid groups (broad SMARTS) is 1. The molecule has 1 heterocycles. The maximum absolute atomic E-state index is 11.8. The number of hydrogen-bond acceptors (Lipinski definition) is 3. The van der Waals surface area contributed by atoms with E-state index in [1.807, 2.05) is 5.43 Å². The minimum Gasteiger partial charge on any atom is -0.478 e. The molecular weight excluding hydrogens is 177 g/mol. The van der Waals surface area contributed by atoms with Crippen LogP contribution in [0.3, 0.4) is 0 Å². The van der Waals surface area contributed by atoms with Crippen LogP contribution >= 0.6 is 0 Å². The van der Waals surface area contributed by atoms with Crippen LogP contribution in [0.5, 0.6) is 0 Å². The molecule has 0 bridgehead atoms. The quantitative estimate of drug-likeness (QED) is 0.572. The number of nitrogens with one attached hydrogen (secondary N) is 1. The Bertz CT molecular complexity index is 235. The fourth-order valence-electron chi connectivity index (χ4n) is 0.711. The first kappa shape index (κ1) is 8.85. The maximum atomic E-state index is 11.8. The highest BCUT2D eigenvalue weighted by Crippen LogP contribution is 2.22. The summed E-state index contributed by atoms with van der Waals surface area (Å²) in [6.45, 7) is -0.311. The standard InChI is InChI=1S/C5H5F3N2O2/c6-5(7,8)10-2-3(1-9-10)4(11)12/h2,9H,1H2,(H,11,12). The minimum absolute atomic E-state index is 0.184. The smallest absolute Gasteiger partial charge is 0.478 e. The van der Waals surface area contributed by atoms with Gasteiger partial charge >= 0.3 is 12.3 Å². The van der Waals surface area contributed by atoms with E-state index < -0.39 is 12.3 Å². The highest BCUT2D eigenvalue weighted by atomic mass is 19.4. The van der Waals surface area contributed by atoms with Gasteiger partial charge in [0.15, 0.2) is 0 Å².